The number of imidazole rings is 1. The number of benzene rings is 1. The van der Waals surface area contributed by atoms with Crippen molar-refractivity contribution < 1.29 is 0 Å². The average molecular weight is 341 g/mol. The van der Waals surface area contributed by atoms with Crippen molar-refractivity contribution in [3.8, 4) is 0 Å². The van der Waals surface area contributed by atoms with Crippen molar-refractivity contribution in [1.82, 2.24) is 24.3 Å². The van der Waals surface area contributed by atoms with Gasteiger partial charge in [0.2, 0.25) is 0 Å². The van der Waals surface area contributed by atoms with Gasteiger partial charge in [-0.15, -0.1) is 11.3 Å². The Kier molecular flexibility index (Phi) is 4.35. The van der Waals surface area contributed by atoms with Crippen LogP contribution in [0.2, 0.25) is 0 Å². The highest BCUT2D eigenvalue weighted by Crippen LogP contribution is 2.23. The number of aromatic nitrogens is 3. The van der Waals surface area contributed by atoms with E-state index in [1.165, 1.54) is 9.71 Å². The fraction of sp³-hybridized carbons (Fsp3) is 0.444. The molecule has 0 N–H and O–H groups in total. The van der Waals surface area contributed by atoms with Crippen LogP contribution in [0.3, 0.4) is 0 Å². The predicted octanol–water partition coefficient (Wildman–Crippen LogP) is 2.74. The van der Waals surface area contributed by atoms with Gasteiger partial charge in [-0.1, -0.05) is 12.1 Å². The zero-order valence-electron chi connectivity index (χ0n) is 14.2. The molecule has 6 heteroatoms. The second-order valence-corrected chi connectivity index (χ2v) is 7.70. The quantitative estimate of drug-likeness (QED) is 0.731. The third-order valence-electron chi connectivity index (χ3n) is 4.81. The predicted molar refractivity (Wildman–Crippen MR) is 98.0 cm³/mol. The molecule has 0 radical (unpaired) electrons. The van der Waals surface area contributed by atoms with E-state index in [4.69, 9.17) is 4.98 Å². The fourth-order valence-corrected chi connectivity index (χ4v) is 4.37. The molecule has 0 bridgehead atoms. The molecular weight excluding hydrogens is 318 g/mol. The summed E-state index contributed by atoms with van der Waals surface area (Å²) >= 11 is 1.82. The van der Waals surface area contributed by atoms with Crippen molar-refractivity contribution in [2.24, 2.45) is 7.05 Å². The topological polar surface area (TPSA) is 37.2 Å². The molecular formula is C18H23N5S. The van der Waals surface area contributed by atoms with Crippen molar-refractivity contribution >= 4 is 21.6 Å². The van der Waals surface area contributed by atoms with Gasteiger partial charge < -0.3 is 4.57 Å². The van der Waals surface area contributed by atoms with Gasteiger partial charge in [-0.25, -0.2) is 9.97 Å². The van der Waals surface area contributed by atoms with E-state index in [1.807, 2.05) is 23.7 Å². The second-order valence-electron chi connectivity index (χ2n) is 6.58. The Balaban J connectivity index is 1.38. The number of hydrogen-bond donors (Lipinski definition) is 0. The number of nitrogens with zero attached hydrogens (tertiary/aromatic N) is 5. The van der Waals surface area contributed by atoms with Gasteiger partial charge in [0, 0.05) is 45.1 Å². The maximum absolute atomic E-state index is 4.77. The van der Waals surface area contributed by atoms with Crippen molar-refractivity contribution in [2.75, 3.05) is 19.6 Å². The molecule has 2 aromatic heterocycles. The number of rotatable bonds is 4. The minimum atomic E-state index is 0.532. The van der Waals surface area contributed by atoms with E-state index in [2.05, 4.69) is 57.6 Å². The largest absolute Gasteiger partial charge is 0.337 e. The van der Waals surface area contributed by atoms with Crippen molar-refractivity contribution in [1.29, 1.82) is 0 Å². The lowest BCUT2D eigenvalue weighted by Gasteiger charge is -2.39. The Labute approximate surface area is 146 Å². The van der Waals surface area contributed by atoms with Gasteiger partial charge >= 0.3 is 0 Å². The van der Waals surface area contributed by atoms with Gasteiger partial charge in [-0.05, 0) is 19.1 Å². The van der Waals surface area contributed by atoms with Crippen LogP contribution >= 0.6 is 11.3 Å². The second kappa shape index (κ2) is 6.63. The van der Waals surface area contributed by atoms with Gasteiger partial charge in [0.05, 0.1) is 23.3 Å². The summed E-state index contributed by atoms with van der Waals surface area (Å²) in [5, 5.41) is 1.22. The van der Waals surface area contributed by atoms with Crippen LogP contribution in [0.4, 0.5) is 0 Å². The molecule has 0 aliphatic carbocycles. The molecule has 3 heterocycles. The summed E-state index contributed by atoms with van der Waals surface area (Å²) in [5.74, 6) is 1.14. The molecule has 24 heavy (non-hydrogen) atoms. The number of hydrogen-bond acceptors (Lipinski definition) is 5. The fourth-order valence-electron chi connectivity index (χ4n) is 3.36. The molecule has 1 aliphatic rings. The summed E-state index contributed by atoms with van der Waals surface area (Å²) in [6, 6.07) is 8.93. The highest BCUT2D eigenvalue weighted by atomic mass is 32.1. The third-order valence-corrected chi connectivity index (χ3v) is 5.83. The normalized spacial score (nSPS) is 20.0. The molecule has 1 unspecified atom stereocenters. The van der Waals surface area contributed by atoms with E-state index in [0.29, 0.717) is 6.04 Å². The average Bonchev–Trinajstić information content (AvgIpc) is 3.15. The van der Waals surface area contributed by atoms with E-state index >= 15 is 0 Å². The van der Waals surface area contributed by atoms with Crippen LogP contribution < -0.4 is 0 Å². The van der Waals surface area contributed by atoms with E-state index in [9.17, 15) is 0 Å². The highest BCUT2D eigenvalue weighted by molar-refractivity contribution is 7.18. The number of aryl methyl sites for hydroxylation is 1. The monoisotopic (exact) mass is 341 g/mol. The van der Waals surface area contributed by atoms with Crippen molar-refractivity contribution in [3.05, 3.63) is 47.5 Å². The third kappa shape index (κ3) is 3.22. The summed E-state index contributed by atoms with van der Waals surface area (Å²) in [4.78, 5) is 14.3. The lowest BCUT2D eigenvalue weighted by molar-refractivity contribution is 0.0707. The summed E-state index contributed by atoms with van der Waals surface area (Å²) in [5.41, 5.74) is 1.12. The summed E-state index contributed by atoms with van der Waals surface area (Å²) in [6.45, 7) is 7.46. The van der Waals surface area contributed by atoms with Crippen molar-refractivity contribution in [3.63, 3.8) is 0 Å². The summed E-state index contributed by atoms with van der Waals surface area (Å²) in [7, 11) is 2.07. The Hall–Kier alpha value is -1.76. The van der Waals surface area contributed by atoms with Crippen LogP contribution in [-0.4, -0.2) is 50.0 Å². The zero-order chi connectivity index (χ0) is 16.5. The first-order chi connectivity index (χ1) is 11.7. The number of thiazole rings is 1. The number of piperazine rings is 1. The molecule has 0 saturated carbocycles. The van der Waals surface area contributed by atoms with Crippen LogP contribution in [0.15, 0.2) is 36.7 Å². The van der Waals surface area contributed by atoms with Gasteiger partial charge in [-0.3, -0.25) is 9.80 Å². The molecule has 0 amide bonds. The van der Waals surface area contributed by atoms with Crippen LogP contribution in [0.25, 0.3) is 10.2 Å². The standard InChI is InChI=1S/C18H23N5S/c1-14-11-22(9-10-23(14)12-17-19-7-8-21(17)2)13-18-20-15-5-3-4-6-16(15)24-18/h3-8,14H,9-13H2,1-2H3. The first-order valence-electron chi connectivity index (χ1n) is 8.46. The summed E-state index contributed by atoms with van der Waals surface area (Å²) in [6.07, 6.45) is 3.90. The van der Waals surface area contributed by atoms with E-state index in [0.717, 1.165) is 44.1 Å². The van der Waals surface area contributed by atoms with Gasteiger partial charge in [0.1, 0.15) is 10.8 Å². The highest BCUT2D eigenvalue weighted by Gasteiger charge is 2.25. The van der Waals surface area contributed by atoms with Gasteiger partial charge in [0.15, 0.2) is 0 Å². The Morgan fingerprint density at radius 3 is 2.83 bits per heavy atom. The van der Waals surface area contributed by atoms with Crippen molar-refractivity contribution in [2.45, 2.75) is 26.1 Å². The van der Waals surface area contributed by atoms with Crippen LogP contribution in [-0.2, 0) is 20.1 Å². The Morgan fingerprint density at radius 1 is 1.21 bits per heavy atom. The van der Waals surface area contributed by atoms with Gasteiger partial charge in [-0.2, -0.15) is 0 Å². The molecule has 5 nitrogen and oxygen atoms in total. The molecule has 0 spiro atoms. The minimum Gasteiger partial charge on any atom is -0.337 e. The molecule has 1 aliphatic heterocycles. The van der Waals surface area contributed by atoms with Crippen LogP contribution in [0.1, 0.15) is 17.8 Å². The Morgan fingerprint density at radius 2 is 2.08 bits per heavy atom. The molecule has 1 atom stereocenters. The molecule has 1 aromatic carbocycles. The summed E-state index contributed by atoms with van der Waals surface area (Å²) < 4.78 is 3.40. The molecule has 126 valence electrons. The smallest absolute Gasteiger partial charge is 0.122 e. The van der Waals surface area contributed by atoms with Gasteiger partial charge in [0.25, 0.3) is 0 Å². The molecule has 1 fully saturated rings. The molecule has 1 saturated heterocycles. The lowest BCUT2D eigenvalue weighted by Crippen LogP contribution is -2.51. The van der Waals surface area contributed by atoms with E-state index in [-0.39, 0.29) is 0 Å². The number of para-hydroxylation sites is 1. The maximum atomic E-state index is 4.77. The molecule has 4 rings (SSSR count). The van der Waals surface area contributed by atoms with Crippen LogP contribution in [0, 0.1) is 0 Å². The maximum Gasteiger partial charge on any atom is 0.122 e. The van der Waals surface area contributed by atoms with E-state index < -0.39 is 0 Å². The first-order valence-corrected chi connectivity index (χ1v) is 9.28. The van der Waals surface area contributed by atoms with Crippen LogP contribution in [0.5, 0.6) is 0 Å². The van der Waals surface area contributed by atoms with E-state index in [1.54, 1.807) is 0 Å². The molecule has 3 aromatic rings. The minimum absolute atomic E-state index is 0.532. The number of fused-ring (bicyclic) bond motifs is 1. The Bertz CT molecular complexity index is 791. The first kappa shape index (κ1) is 15.7. The lowest BCUT2D eigenvalue weighted by atomic mass is 10.2. The zero-order valence-corrected chi connectivity index (χ0v) is 15.0. The SMILES string of the molecule is CC1CN(Cc2nc3ccccc3s2)CCN1Cc1nccn1C.